The molecule has 0 radical (unpaired) electrons. The zero-order valence-electron chi connectivity index (χ0n) is 7.70. The Morgan fingerprint density at radius 2 is 2.00 bits per heavy atom. The van der Waals surface area contributed by atoms with Crippen LogP contribution in [0.25, 0.3) is 0 Å². The topological polar surface area (TPSA) is 26.3 Å². The minimum absolute atomic E-state index is 0.0376. The van der Waals surface area contributed by atoms with Gasteiger partial charge in [0.2, 0.25) is 0 Å². The number of ether oxygens (including phenoxy) is 1. The molecule has 1 aromatic rings. The highest BCUT2D eigenvalue weighted by Crippen LogP contribution is 2.26. The molecule has 2 nitrogen and oxygen atoms in total. The number of carbonyl (C=O) groups excluding carboxylic acids is 1. The fraction of sp³-hybridized carbons (Fsp3) is 0.364. The Kier molecular flexibility index (Phi) is 2.99. The molecule has 0 aliphatic carbocycles. The number of hydrogen-bond donors (Lipinski definition) is 0. The van der Waals surface area contributed by atoms with E-state index in [-0.39, 0.29) is 6.10 Å². The van der Waals surface area contributed by atoms with E-state index in [0.29, 0.717) is 25.2 Å². The molecule has 1 aromatic carbocycles. The van der Waals surface area contributed by atoms with Crippen LogP contribution in [0.2, 0.25) is 0 Å². The van der Waals surface area contributed by atoms with Crippen molar-refractivity contribution in [2.45, 2.75) is 18.9 Å². The van der Waals surface area contributed by atoms with Gasteiger partial charge in [-0.05, 0) is 17.7 Å². The highest BCUT2D eigenvalue weighted by atomic mass is 79.9. The van der Waals surface area contributed by atoms with E-state index in [4.69, 9.17) is 4.74 Å². The average molecular weight is 255 g/mol. The fourth-order valence-corrected chi connectivity index (χ4v) is 1.84. The first-order valence-corrected chi connectivity index (χ1v) is 5.44. The zero-order chi connectivity index (χ0) is 9.97. The molecule has 0 amide bonds. The molecule has 3 heteroatoms. The molecule has 2 rings (SSSR count). The third-order valence-electron chi connectivity index (χ3n) is 2.35. The van der Waals surface area contributed by atoms with Gasteiger partial charge in [-0.3, -0.25) is 4.79 Å². The van der Waals surface area contributed by atoms with Gasteiger partial charge in [0.25, 0.3) is 0 Å². The van der Waals surface area contributed by atoms with Gasteiger partial charge in [0.15, 0.2) is 0 Å². The molecular formula is C11H11BrO2. The van der Waals surface area contributed by atoms with Crippen LogP contribution in [0, 0.1) is 0 Å². The second-order valence-corrected chi connectivity index (χ2v) is 4.32. The summed E-state index contributed by atoms with van der Waals surface area (Å²) in [6, 6.07) is 7.93. The average Bonchev–Trinajstić information content (AvgIpc) is 2.19. The van der Waals surface area contributed by atoms with Crippen LogP contribution >= 0.6 is 15.9 Å². The molecule has 1 atom stereocenters. The lowest BCUT2D eigenvalue weighted by molar-refractivity contribution is -0.128. The number of ketones is 1. The minimum atomic E-state index is -0.0376. The molecule has 1 aliphatic rings. The van der Waals surface area contributed by atoms with Crippen LogP contribution in [0.3, 0.4) is 0 Å². The SMILES string of the molecule is O=C1CCO[C@@H](c2ccc(Br)cc2)C1. The van der Waals surface area contributed by atoms with Gasteiger partial charge in [-0.25, -0.2) is 0 Å². The second kappa shape index (κ2) is 4.24. The first-order chi connectivity index (χ1) is 6.75. The summed E-state index contributed by atoms with van der Waals surface area (Å²) >= 11 is 3.37. The van der Waals surface area contributed by atoms with E-state index in [1.807, 2.05) is 24.3 Å². The van der Waals surface area contributed by atoms with Crippen LogP contribution in [0.15, 0.2) is 28.7 Å². The zero-order valence-corrected chi connectivity index (χ0v) is 9.29. The van der Waals surface area contributed by atoms with Crippen LogP contribution in [0.1, 0.15) is 24.5 Å². The van der Waals surface area contributed by atoms with E-state index < -0.39 is 0 Å². The Balaban J connectivity index is 2.14. The molecule has 1 fully saturated rings. The lowest BCUT2D eigenvalue weighted by Gasteiger charge is -2.22. The molecule has 14 heavy (non-hydrogen) atoms. The van der Waals surface area contributed by atoms with E-state index >= 15 is 0 Å². The normalized spacial score (nSPS) is 22.4. The Labute approximate surface area is 91.4 Å². The van der Waals surface area contributed by atoms with Gasteiger partial charge < -0.3 is 4.74 Å². The maximum atomic E-state index is 11.2. The van der Waals surface area contributed by atoms with Gasteiger partial charge in [-0.2, -0.15) is 0 Å². The van der Waals surface area contributed by atoms with Crippen molar-refractivity contribution >= 4 is 21.7 Å². The second-order valence-electron chi connectivity index (χ2n) is 3.40. The van der Waals surface area contributed by atoms with Gasteiger partial charge in [-0.1, -0.05) is 28.1 Å². The smallest absolute Gasteiger partial charge is 0.138 e. The van der Waals surface area contributed by atoms with Crippen LogP contribution in [-0.4, -0.2) is 12.4 Å². The summed E-state index contributed by atoms with van der Waals surface area (Å²) in [5.41, 5.74) is 1.08. The maximum absolute atomic E-state index is 11.2. The quantitative estimate of drug-likeness (QED) is 0.771. The number of rotatable bonds is 1. The summed E-state index contributed by atoms with van der Waals surface area (Å²) < 4.78 is 6.58. The number of hydrogen-bond acceptors (Lipinski definition) is 2. The third kappa shape index (κ3) is 2.22. The standard InChI is InChI=1S/C11H11BrO2/c12-9-3-1-8(2-4-9)11-7-10(13)5-6-14-11/h1-4,11H,5-7H2/t11-/m1/s1. The number of benzene rings is 1. The van der Waals surface area contributed by atoms with E-state index in [2.05, 4.69) is 15.9 Å². The molecule has 0 spiro atoms. The molecule has 1 saturated heterocycles. The Morgan fingerprint density at radius 1 is 1.29 bits per heavy atom. The van der Waals surface area contributed by atoms with Crippen molar-refractivity contribution in [1.29, 1.82) is 0 Å². The van der Waals surface area contributed by atoms with Crippen LogP contribution < -0.4 is 0 Å². The summed E-state index contributed by atoms with van der Waals surface area (Å²) in [5, 5.41) is 0. The van der Waals surface area contributed by atoms with E-state index in [9.17, 15) is 4.79 Å². The third-order valence-corrected chi connectivity index (χ3v) is 2.88. The van der Waals surface area contributed by atoms with Gasteiger partial charge in [0.05, 0.1) is 12.7 Å². The van der Waals surface area contributed by atoms with Gasteiger partial charge in [-0.15, -0.1) is 0 Å². The number of carbonyl (C=O) groups is 1. The van der Waals surface area contributed by atoms with Gasteiger partial charge in [0, 0.05) is 17.3 Å². The van der Waals surface area contributed by atoms with Crippen molar-refractivity contribution in [3.8, 4) is 0 Å². The lowest BCUT2D eigenvalue weighted by atomic mass is 10.0. The summed E-state index contributed by atoms with van der Waals surface area (Å²) in [7, 11) is 0. The predicted molar refractivity (Wildman–Crippen MR) is 57.1 cm³/mol. The monoisotopic (exact) mass is 254 g/mol. The molecular weight excluding hydrogens is 244 g/mol. The fourth-order valence-electron chi connectivity index (χ4n) is 1.57. The maximum Gasteiger partial charge on any atom is 0.138 e. The summed E-state index contributed by atoms with van der Waals surface area (Å²) in [5.74, 6) is 0.296. The molecule has 0 saturated carbocycles. The van der Waals surface area contributed by atoms with Gasteiger partial charge >= 0.3 is 0 Å². The molecule has 1 aliphatic heterocycles. The molecule has 0 aromatic heterocycles. The number of Topliss-reactive ketones (excluding diaryl/α,β-unsaturated/α-hetero) is 1. The summed E-state index contributed by atoms with van der Waals surface area (Å²) in [4.78, 5) is 11.2. The van der Waals surface area contributed by atoms with E-state index in [1.54, 1.807) is 0 Å². The van der Waals surface area contributed by atoms with Gasteiger partial charge in [0.1, 0.15) is 5.78 Å². The highest BCUT2D eigenvalue weighted by molar-refractivity contribution is 9.10. The summed E-state index contributed by atoms with van der Waals surface area (Å²) in [6.45, 7) is 0.555. The van der Waals surface area contributed by atoms with E-state index in [1.165, 1.54) is 0 Å². The molecule has 0 unspecified atom stereocenters. The van der Waals surface area contributed by atoms with Crippen molar-refractivity contribution in [3.05, 3.63) is 34.3 Å². The van der Waals surface area contributed by atoms with Crippen LogP contribution in [0.4, 0.5) is 0 Å². The first-order valence-electron chi connectivity index (χ1n) is 4.64. The van der Waals surface area contributed by atoms with Crippen molar-refractivity contribution in [2.24, 2.45) is 0 Å². The van der Waals surface area contributed by atoms with Crippen LogP contribution in [-0.2, 0) is 9.53 Å². The largest absolute Gasteiger partial charge is 0.373 e. The van der Waals surface area contributed by atoms with Crippen molar-refractivity contribution < 1.29 is 9.53 Å². The lowest BCUT2D eigenvalue weighted by Crippen LogP contribution is -2.19. The van der Waals surface area contributed by atoms with Crippen molar-refractivity contribution in [3.63, 3.8) is 0 Å². The number of halogens is 1. The Morgan fingerprint density at radius 3 is 2.64 bits per heavy atom. The van der Waals surface area contributed by atoms with Crippen molar-refractivity contribution in [1.82, 2.24) is 0 Å². The van der Waals surface area contributed by atoms with E-state index in [0.717, 1.165) is 10.0 Å². The summed E-state index contributed by atoms with van der Waals surface area (Å²) in [6.07, 6.45) is 1.04. The highest BCUT2D eigenvalue weighted by Gasteiger charge is 2.21. The van der Waals surface area contributed by atoms with Crippen molar-refractivity contribution in [2.75, 3.05) is 6.61 Å². The molecule has 1 heterocycles. The molecule has 74 valence electrons. The first kappa shape index (κ1) is 9.87. The Bertz CT molecular complexity index is 332. The minimum Gasteiger partial charge on any atom is -0.373 e. The predicted octanol–water partition coefficient (Wildman–Crippen LogP) is 2.87. The molecule has 0 bridgehead atoms. The molecule has 0 N–H and O–H groups in total. The van der Waals surface area contributed by atoms with Crippen LogP contribution in [0.5, 0.6) is 0 Å². The Hall–Kier alpha value is -0.670.